The quantitative estimate of drug-likeness (QED) is 0.0212. The van der Waals surface area contributed by atoms with Gasteiger partial charge in [0.05, 0.1) is 73.4 Å². The van der Waals surface area contributed by atoms with Crippen molar-refractivity contribution in [2.45, 2.75) is 200 Å². The molecule has 510 valence electrons. The molecular formula is C66H101N11O15. The Morgan fingerprint density at radius 3 is 1.99 bits per heavy atom. The van der Waals surface area contributed by atoms with Crippen LogP contribution >= 0.6 is 0 Å². The molecular weight excluding hydrogens is 1190 g/mol. The van der Waals surface area contributed by atoms with Gasteiger partial charge in [0.15, 0.2) is 11.6 Å². The Labute approximate surface area is 541 Å². The Balaban J connectivity index is 1.38. The highest BCUT2D eigenvalue weighted by Gasteiger charge is 2.48. The molecule has 7 N–H and O–H groups in total. The normalized spacial score (nSPS) is 17.9. The van der Waals surface area contributed by atoms with Gasteiger partial charge in [0.25, 0.3) is 0 Å². The van der Waals surface area contributed by atoms with E-state index >= 15 is 0 Å². The number of aliphatic hydroxyl groups is 1. The SMILES string of the molecule is CC[C@H](C)[C@@H]([C@@H](CC(=O)N1CCC[C@H]1[C@H](OC)[C@@H](C)C(=O)N[C@H](C)[C@@H](O)c1ccccc1)OC)N(C)C(=O)[C@@H](NC(=O)[C@H](C(C)C)N(C)C(=O)OCc1ccc(CC(=O)[C@H](CCN)NC(=O)C2(CC(=O)[C@H](CCC(=O)OC)NC(=O)CN=[N+]=[N-])CCC2)cc1)C(C)C. The minimum Gasteiger partial charge on any atom is -0.469 e. The van der Waals surface area contributed by atoms with Gasteiger partial charge in [-0.3, -0.25) is 48.1 Å². The van der Waals surface area contributed by atoms with Crippen LogP contribution in [-0.4, -0.2) is 188 Å². The van der Waals surface area contributed by atoms with Gasteiger partial charge in [-0.1, -0.05) is 121 Å². The molecule has 1 saturated heterocycles. The van der Waals surface area contributed by atoms with Gasteiger partial charge in [-0.2, -0.15) is 0 Å². The fraction of sp³-hybridized carbons (Fsp3) is 0.667. The Hall–Kier alpha value is -7.51. The van der Waals surface area contributed by atoms with E-state index in [4.69, 9.17) is 30.2 Å². The summed E-state index contributed by atoms with van der Waals surface area (Å²) in [4.78, 5) is 144. The summed E-state index contributed by atoms with van der Waals surface area (Å²) in [5, 5.41) is 25.4. The number of azide groups is 1. The van der Waals surface area contributed by atoms with Crippen LogP contribution in [-0.2, 0) is 75.1 Å². The third-order valence-corrected chi connectivity index (χ3v) is 18.2. The van der Waals surface area contributed by atoms with Crippen molar-refractivity contribution in [3.05, 3.63) is 81.7 Å². The van der Waals surface area contributed by atoms with Crippen LogP contribution < -0.4 is 27.0 Å². The Kier molecular flexibility index (Phi) is 31.2. The van der Waals surface area contributed by atoms with E-state index in [1.165, 1.54) is 33.3 Å². The van der Waals surface area contributed by atoms with E-state index in [1.54, 1.807) is 94.8 Å². The number of ether oxygens (including phenoxy) is 4. The first-order valence-corrected chi connectivity index (χ1v) is 32.0. The minimum atomic E-state index is -1.17. The third kappa shape index (κ3) is 21.3. The lowest BCUT2D eigenvalue weighted by atomic mass is 9.64. The highest BCUT2D eigenvalue weighted by molar-refractivity contribution is 5.97. The zero-order chi connectivity index (χ0) is 68.6. The highest BCUT2D eigenvalue weighted by atomic mass is 16.6. The molecule has 4 rings (SSSR count). The van der Waals surface area contributed by atoms with Crippen molar-refractivity contribution >= 4 is 59.1 Å². The molecule has 1 heterocycles. The number of nitrogens with two attached hydrogens (primary N) is 1. The maximum atomic E-state index is 14.8. The number of aliphatic hydroxyl groups excluding tert-OH is 1. The van der Waals surface area contributed by atoms with E-state index in [0.29, 0.717) is 61.8 Å². The van der Waals surface area contributed by atoms with E-state index in [1.807, 2.05) is 32.0 Å². The number of benzene rings is 2. The molecule has 26 nitrogen and oxygen atoms in total. The summed E-state index contributed by atoms with van der Waals surface area (Å²) in [6.45, 7) is 14.3. The average Bonchev–Trinajstić information content (AvgIpc) is 1.56. The van der Waals surface area contributed by atoms with Crippen molar-refractivity contribution in [3.8, 4) is 0 Å². The maximum Gasteiger partial charge on any atom is 0.410 e. The van der Waals surface area contributed by atoms with Gasteiger partial charge in [0, 0.05) is 59.0 Å². The molecule has 1 aliphatic carbocycles. The average molecular weight is 1290 g/mol. The molecule has 26 heteroatoms. The van der Waals surface area contributed by atoms with Crippen LogP contribution in [0.5, 0.6) is 0 Å². The molecule has 2 aliphatic rings. The number of esters is 1. The summed E-state index contributed by atoms with van der Waals surface area (Å²) in [6.07, 6.45) is -0.645. The molecule has 0 aromatic heterocycles. The second-order valence-electron chi connectivity index (χ2n) is 25.3. The molecule has 7 amide bonds. The van der Waals surface area contributed by atoms with Gasteiger partial charge in [-0.15, -0.1) is 0 Å². The Morgan fingerprint density at radius 1 is 0.793 bits per heavy atom. The first-order valence-electron chi connectivity index (χ1n) is 32.0. The molecule has 2 aromatic rings. The first-order chi connectivity index (χ1) is 43.6. The molecule has 2 aromatic carbocycles. The third-order valence-electron chi connectivity index (χ3n) is 18.2. The monoisotopic (exact) mass is 1290 g/mol. The summed E-state index contributed by atoms with van der Waals surface area (Å²) in [7, 11) is 7.27. The molecule has 1 aliphatic heterocycles. The van der Waals surface area contributed by atoms with Crippen molar-refractivity contribution in [1.82, 2.24) is 36.0 Å². The number of Topliss-reactive ketones (excluding diaryl/α,β-unsaturated/α-hetero) is 2. The number of amides is 7. The van der Waals surface area contributed by atoms with Crippen molar-refractivity contribution in [2.75, 3.05) is 55.1 Å². The second-order valence-corrected chi connectivity index (χ2v) is 25.3. The molecule has 92 heavy (non-hydrogen) atoms. The van der Waals surface area contributed by atoms with Crippen molar-refractivity contribution in [1.29, 1.82) is 0 Å². The minimum absolute atomic E-state index is 0.0638. The fourth-order valence-electron chi connectivity index (χ4n) is 12.4. The number of likely N-dealkylation sites (tertiary alicyclic amines) is 1. The molecule has 0 bridgehead atoms. The molecule has 2 fully saturated rings. The van der Waals surface area contributed by atoms with Gasteiger partial charge in [-0.25, -0.2) is 4.79 Å². The standard InChI is InChI=1S/C66H101N11O15/c1-14-41(6)58(52(89-11)35-54(81)77-33-18-22-49(77)60(91-13)42(7)61(84)70-43(8)59(83)46-20-16-15-17-21-46)75(9)63(86)56(39(2)3)73-62(85)57(40(4)5)76(10)65(88)92-38-45-25-23-44(24-26-45)34-50(78)48(29-32-67)72-64(87)66(30-19-31-66)36-51(79)47(27-28-55(82)90-12)71-53(80)37-69-74-68/h15-17,20-21,23-26,39-43,47-49,52,56-60,83H,14,18-19,22,27-38,67H2,1-13H3,(H,70,84)(H,71,80)(H,72,87)(H,73,85)/t41-,42+,43+,47-,48-,49-,52+,56-,57-,58-,59+,60+/m0/s1. The van der Waals surface area contributed by atoms with Crippen molar-refractivity contribution < 1.29 is 72.0 Å². The van der Waals surface area contributed by atoms with Crippen LogP contribution in [0.1, 0.15) is 149 Å². The van der Waals surface area contributed by atoms with Crippen molar-refractivity contribution in [2.24, 2.45) is 39.9 Å². The summed E-state index contributed by atoms with van der Waals surface area (Å²) < 4.78 is 22.4. The number of nitrogens with zero attached hydrogens (tertiary/aromatic N) is 6. The summed E-state index contributed by atoms with van der Waals surface area (Å²) in [5.41, 5.74) is 15.2. The van der Waals surface area contributed by atoms with Gasteiger partial charge in [-0.05, 0) is 92.0 Å². The van der Waals surface area contributed by atoms with E-state index in [9.17, 15) is 53.1 Å². The number of likely N-dealkylation sites (N-methyl/N-ethyl adjacent to an activating group) is 2. The smallest absolute Gasteiger partial charge is 0.410 e. The topological polar surface area (TPSA) is 360 Å². The first kappa shape index (κ1) is 76.9. The number of nitrogens with one attached hydrogen (secondary N) is 4. The molecule has 0 unspecified atom stereocenters. The molecule has 0 spiro atoms. The number of hydrogen-bond acceptors (Lipinski definition) is 17. The van der Waals surface area contributed by atoms with Crippen LogP contribution in [0.2, 0.25) is 0 Å². The Morgan fingerprint density at radius 2 is 1.43 bits per heavy atom. The maximum absolute atomic E-state index is 14.8. The zero-order valence-corrected chi connectivity index (χ0v) is 56.0. The number of methoxy groups -OCH3 is 3. The van der Waals surface area contributed by atoms with Gasteiger partial charge in [0.1, 0.15) is 25.2 Å². The second kappa shape index (κ2) is 37.3. The molecule has 12 atom stereocenters. The zero-order valence-electron chi connectivity index (χ0n) is 56.0. The van der Waals surface area contributed by atoms with E-state index in [0.717, 1.165) is 0 Å². The number of carbonyl (C=O) groups excluding carboxylic acids is 10. The summed E-state index contributed by atoms with van der Waals surface area (Å²) in [6, 6.07) is 9.81. The van der Waals surface area contributed by atoms with Gasteiger partial charge in [0.2, 0.25) is 35.4 Å². The summed E-state index contributed by atoms with van der Waals surface area (Å²) >= 11 is 0. The predicted octanol–water partition coefficient (Wildman–Crippen LogP) is 5.40. The van der Waals surface area contributed by atoms with Gasteiger partial charge >= 0.3 is 12.1 Å². The number of carbonyl (C=O) groups is 10. The van der Waals surface area contributed by atoms with Gasteiger partial charge < -0.3 is 60.9 Å². The Bertz CT molecular complexity index is 2850. The lowest BCUT2D eigenvalue weighted by Gasteiger charge is -2.41. The van der Waals surface area contributed by atoms with Crippen LogP contribution in [0.25, 0.3) is 10.4 Å². The predicted molar refractivity (Wildman–Crippen MR) is 342 cm³/mol. The highest BCUT2D eigenvalue weighted by Crippen LogP contribution is 2.45. The molecule has 0 radical (unpaired) electrons. The summed E-state index contributed by atoms with van der Waals surface area (Å²) in [5.74, 6) is -5.99. The van der Waals surface area contributed by atoms with E-state index in [-0.39, 0.29) is 75.2 Å². The van der Waals surface area contributed by atoms with Crippen molar-refractivity contribution in [3.63, 3.8) is 0 Å². The largest absolute Gasteiger partial charge is 0.469 e. The number of hydrogen-bond donors (Lipinski definition) is 6. The lowest BCUT2D eigenvalue weighted by molar-refractivity contribution is -0.148. The number of ketones is 2. The van der Waals surface area contributed by atoms with Crippen LogP contribution in [0.15, 0.2) is 59.7 Å². The fourth-order valence-corrected chi connectivity index (χ4v) is 12.4. The van der Waals surface area contributed by atoms with Crippen LogP contribution in [0.3, 0.4) is 0 Å². The van der Waals surface area contributed by atoms with E-state index < -0.39 is 132 Å². The van der Waals surface area contributed by atoms with E-state index in [2.05, 4.69) is 31.3 Å². The van der Waals surface area contributed by atoms with Crippen LogP contribution in [0, 0.1) is 29.1 Å². The number of rotatable bonds is 38. The lowest BCUT2D eigenvalue weighted by Crippen LogP contribution is -2.60. The molecule has 1 saturated carbocycles. The van der Waals surface area contributed by atoms with Crippen LogP contribution in [0.4, 0.5) is 4.79 Å².